The minimum absolute atomic E-state index is 0.202. The number of hydrogen-bond donors (Lipinski definition) is 1. The Balaban J connectivity index is 2.01. The Morgan fingerprint density at radius 2 is 1.85 bits per heavy atom. The lowest BCUT2D eigenvalue weighted by molar-refractivity contribution is -0.665. The average Bonchev–Trinajstić information content (AvgIpc) is 2.48. The molecule has 2 rings (SSSR count). The van der Waals surface area contributed by atoms with Crippen LogP contribution in [-0.4, -0.2) is 24.7 Å². The fourth-order valence-electron chi connectivity index (χ4n) is 2.88. The maximum atomic E-state index is 12.3. The Morgan fingerprint density at radius 3 is 2.40 bits per heavy atom. The van der Waals surface area contributed by atoms with Gasteiger partial charge >= 0.3 is 5.97 Å². The molecule has 2 N–H and O–H groups in total. The summed E-state index contributed by atoms with van der Waals surface area (Å²) >= 11 is 0. The normalized spacial score (nSPS) is 16.9. The number of nitrogens with two attached hydrogens (primary N) is 1. The number of hydrogen-bond acceptors (Lipinski definition) is 2. The predicted molar refractivity (Wildman–Crippen MR) is 79.7 cm³/mol. The van der Waals surface area contributed by atoms with Gasteiger partial charge < -0.3 is 10.1 Å². The first-order valence-corrected chi connectivity index (χ1v) is 7.67. The number of carbonyl (C=O) groups is 1. The van der Waals surface area contributed by atoms with Crippen LogP contribution in [0, 0.1) is 5.92 Å². The number of aryl methyl sites for hydroxylation is 1. The summed E-state index contributed by atoms with van der Waals surface area (Å²) in [5, 5.41) is 2.33. The molecule has 20 heavy (non-hydrogen) atoms. The highest BCUT2D eigenvalue weighted by Gasteiger charge is 2.35. The van der Waals surface area contributed by atoms with E-state index >= 15 is 0 Å². The maximum absolute atomic E-state index is 12.3. The second kappa shape index (κ2) is 6.40. The van der Waals surface area contributed by atoms with Crippen molar-refractivity contribution >= 4 is 5.97 Å². The lowest BCUT2D eigenvalue weighted by atomic mass is 9.83. The molecule has 0 spiro atoms. The second-order valence-corrected chi connectivity index (χ2v) is 6.18. The standard InChI is InChI=1S/C17H25NO2/c1-4-13-5-7-14(8-6-13)16(19)20-17(2,3)15-9-11-18-12-10-15/h5-8,15,18H,4,9-12H2,1-3H3/p+1. The molecule has 1 heterocycles. The first kappa shape index (κ1) is 15.0. The van der Waals surface area contributed by atoms with Crippen LogP contribution in [0.5, 0.6) is 0 Å². The lowest BCUT2D eigenvalue weighted by Crippen LogP contribution is -2.86. The fraction of sp³-hybridized carbons (Fsp3) is 0.588. The quantitative estimate of drug-likeness (QED) is 0.856. The zero-order valence-corrected chi connectivity index (χ0v) is 12.8. The van der Waals surface area contributed by atoms with Crippen molar-refractivity contribution in [1.29, 1.82) is 0 Å². The molecule has 1 fully saturated rings. The first-order valence-electron chi connectivity index (χ1n) is 7.67. The summed E-state index contributed by atoms with van der Waals surface area (Å²) in [7, 11) is 0. The van der Waals surface area contributed by atoms with E-state index in [1.807, 2.05) is 38.1 Å². The molecule has 1 saturated heterocycles. The van der Waals surface area contributed by atoms with Crippen LogP contribution >= 0.6 is 0 Å². The van der Waals surface area contributed by atoms with E-state index in [1.165, 1.54) is 5.56 Å². The summed E-state index contributed by atoms with van der Waals surface area (Å²) in [5.74, 6) is 0.263. The summed E-state index contributed by atoms with van der Waals surface area (Å²) in [6, 6.07) is 7.73. The van der Waals surface area contributed by atoms with Gasteiger partial charge in [0.05, 0.1) is 18.7 Å². The van der Waals surface area contributed by atoms with E-state index in [0.29, 0.717) is 11.5 Å². The number of ether oxygens (including phenoxy) is 1. The number of carbonyl (C=O) groups excluding carboxylic acids is 1. The fourth-order valence-corrected chi connectivity index (χ4v) is 2.88. The van der Waals surface area contributed by atoms with E-state index in [9.17, 15) is 4.79 Å². The van der Waals surface area contributed by atoms with Gasteiger partial charge in [-0.25, -0.2) is 4.79 Å². The summed E-state index contributed by atoms with van der Waals surface area (Å²) in [5.41, 5.74) is 1.51. The van der Waals surface area contributed by atoms with Crippen LogP contribution in [0.15, 0.2) is 24.3 Å². The van der Waals surface area contributed by atoms with Gasteiger partial charge in [-0.3, -0.25) is 0 Å². The molecule has 0 amide bonds. The number of piperidine rings is 1. The molecule has 0 aliphatic carbocycles. The third kappa shape index (κ3) is 3.60. The Hall–Kier alpha value is -1.35. The van der Waals surface area contributed by atoms with Crippen LogP contribution in [0.4, 0.5) is 0 Å². The molecule has 0 saturated carbocycles. The lowest BCUT2D eigenvalue weighted by Gasteiger charge is -2.35. The number of rotatable bonds is 4. The highest BCUT2D eigenvalue weighted by molar-refractivity contribution is 5.89. The maximum Gasteiger partial charge on any atom is 0.338 e. The Morgan fingerprint density at radius 1 is 1.25 bits per heavy atom. The first-order chi connectivity index (χ1) is 9.53. The number of esters is 1. The largest absolute Gasteiger partial charge is 0.456 e. The van der Waals surface area contributed by atoms with Crippen molar-refractivity contribution in [2.45, 2.75) is 45.6 Å². The Labute approximate surface area is 121 Å². The number of benzene rings is 1. The topological polar surface area (TPSA) is 42.9 Å². The molecule has 3 nitrogen and oxygen atoms in total. The summed E-state index contributed by atoms with van der Waals surface area (Å²) in [4.78, 5) is 12.3. The van der Waals surface area contributed by atoms with Crippen LogP contribution < -0.4 is 5.32 Å². The highest BCUT2D eigenvalue weighted by Crippen LogP contribution is 2.28. The van der Waals surface area contributed by atoms with Crippen molar-refractivity contribution < 1.29 is 14.8 Å². The van der Waals surface area contributed by atoms with Gasteiger partial charge in [0.2, 0.25) is 0 Å². The van der Waals surface area contributed by atoms with Gasteiger partial charge in [0.1, 0.15) is 5.60 Å². The zero-order chi connectivity index (χ0) is 14.6. The molecular formula is C17H26NO2+. The molecule has 0 bridgehead atoms. The van der Waals surface area contributed by atoms with Crippen LogP contribution in [0.2, 0.25) is 0 Å². The molecule has 0 radical (unpaired) electrons. The molecule has 1 aromatic carbocycles. The van der Waals surface area contributed by atoms with Crippen LogP contribution in [-0.2, 0) is 11.2 Å². The Kier molecular flexibility index (Phi) is 4.81. The molecule has 1 aliphatic rings. The SMILES string of the molecule is CCc1ccc(C(=O)OC(C)(C)C2CC[NH2+]CC2)cc1. The third-order valence-corrected chi connectivity index (χ3v) is 4.38. The van der Waals surface area contributed by atoms with E-state index in [2.05, 4.69) is 12.2 Å². The molecule has 3 heteroatoms. The van der Waals surface area contributed by atoms with Crippen molar-refractivity contribution in [2.24, 2.45) is 5.92 Å². The Bertz CT molecular complexity index is 445. The average molecular weight is 276 g/mol. The van der Waals surface area contributed by atoms with Gasteiger partial charge in [0.25, 0.3) is 0 Å². The van der Waals surface area contributed by atoms with Crippen LogP contribution in [0.1, 0.15) is 49.5 Å². The van der Waals surface area contributed by atoms with Crippen LogP contribution in [0.3, 0.4) is 0 Å². The zero-order valence-electron chi connectivity index (χ0n) is 12.8. The van der Waals surface area contributed by atoms with Gasteiger partial charge in [-0.2, -0.15) is 0 Å². The highest BCUT2D eigenvalue weighted by atomic mass is 16.6. The van der Waals surface area contributed by atoms with E-state index in [1.54, 1.807) is 0 Å². The molecule has 0 atom stereocenters. The smallest absolute Gasteiger partial charge is 0.338 e. The van der Waals surface area contributed by atoms with Gasteiger partial charge in [-0.15, -0.1) is 0 Å². The summed E-state index contributed by atoms with van der Waals surface area (Å²) < 4.78 is 5.78. The van der Waals surface area contributed by atoms with Crippen molar-refractivity contribution in [3.8, 4) is 0 Å². The molecule has 110 valence electrons. The predicted octanol–water partition coefficient (Wildman–Crippen LogP) is 2.16. The molecule has 0 unspecified atom stereocenters. The third-order valence-electron chi connectivity index (χ3n) is 4.38. The van der Waals surface area contributed by atoms with E-state index in [0.717, 1.165) is 32.4 Å². The van der Waals surface area contributed by atoms with E-state index in [4.69, 9.17) is 4.74 Å². The second-order valence-electron chi connectivity index (χ2n) is 6.18. The number of quaternary nitrogens is 1. The molecule has 1 aromatic rings. The van der Waals surface area contributed by atoms with Crippen molar-refractivity contribution in [3.63, 3.8) is 0 Å². The van der Waals surface area contributed by atoms with Gasteiger partial charge in [-0.05, 0) is 38.0 Å². The van der Waals surface area contributed by atoms with Crippen molar-refractivity contribution in [3.05, 3.63) is 35.4 Å². The van der Waals surface area contributed by atoms with Crippen molar-refractivity contribution in [1.82, 2.24) is 0 Å². The minimum atomic E-state index is -0.380. The minimum Gasteiger partial charge on any atom is -0.456 e. The summed E-state index contributed by atoms with van der Waals surface area (Å²) in [6.45, 7) is 8.47. The van der Waals surface area contributed by atoms with Gasteiger partial charge in [0.15, 0.2) is 0 Å². The van der Waals surface area contributed by atoms with Crippen molar-refractivity contribution in [2.75, 3.05) is 13.1 Å². The molecular weight excluding hydrogens is 250 g/mol. The summed E-state index contributed by atoms with van der Waals surface area (Å²) in [6.07, 6.45) is 3.23. The van der Waals surface area contributed by atoms with Gasteiger partial charge in [0, 0.05) is 18.8 Å². The van der Waals surface area contributed by atoms with Gasteiger partial charge in [-0.1, -0.05) is 19.1 Å². The molecule has 0 aromatic heterocycles. The monoisotopic (exact) mass is 276 g/mol. The molecule has 1 aliphatic heterocycles. The van der Waals surface area contributed by atoms with E-state index < -0.39 is 0 Å². The van der Waals surface area contributed by atoms with Crippen LogP contribution in [0.25, 0.3) is 0 Å². The van der Waals surface area contributed by atoms with E-state index in [-0.39, 0.29) is 11.6 Å².